The first-order chi connectivity index (χ1) is 13.5. The summed E-state index contributed by atoms with van der Waals surface area (Å²) in [5, 5.41) is 0. The second-order valence-electron chi connectivity index (χ2n) is 5.89. The van der Waals surface area contributed by atoms with E-state index >= 15 is 0 Å². The van der Waals surface area contributed by atoms with E-state index in [1.807, 2.05) is 6.07 Å². The van der Waals surface area contributed by atoms with Crippen LogP contribution in [0.3, 0.4) is 0 Å². The molecule has 0 saturated heterocycles. The molecule has 0 N–H and O–H groups in total. The highest BCUT2D eigenvalue weighted by Gasteiger charge is 2.08. The van der Waals surface area contributed by atoms with E-state index in [0.717, 1.165) is 10.0 Å². The molecule has 0 aliphatic rings. The number of ether oxygens (including phenoxy) is 2. The van der Waals surface area contributed by atoms with Crippen molar-refractivity contribution in [1.29, 1.82) is 0 Å². The monoisotopic (exact) mass is 436 g/mol. The number of benzene rings is 3. The van der Waals surface area contributed by atoms with E-state index in [1.54, 1.807) is 79.9 Å². The summed E-state index contributed by atoms with van der Waals surface area (Å²) in [5.41, 5.74) is 1.77. The lowest BCUT2D eigenvalue weighted by Crippen LogP contribution is -2.08. The minimum atomic E-state index is -0.442. The second kappa shape index (κ2) is 9.15. The van der Waals surface area contributed by atoms with Gasteiger partial charge in [0.1, 0.15) is 11.5 Å². The van der Waals surface area contributed by atoms with E-state index in [4.69, 9.17) is 9.47 Å². The number of hydrogen-bond acceptors (Lipinski definition) is 4. The zero-order valence-electron chi connectivity index (χ0n) is 15.1. The van der Waals surface area contributed by atoms with Crippen LogP contribution in [0.2, 0.25) is 0 Å². The predicted molar refractivity (Wildman–Crippen MR) is 112 cm³/mol. The molecule has 0 unspecified atom stereocenters. The third-order valence-electron chi connectivity index (χ3n) is 3.95. The van der Waals surface area contributed by atoms with Crippen LogP contribution in [0.25, 0.3) is 6.08 Å². The fraction of sp³-hybridized carbons (Fsp3) is 0.0435. The Hall–Kier alpha value is -3.18. The van der Waals surface area contributed by atoms with Crippen LogP contribution in [0.5, 0.6) is 11.5 Å². The molecule has 3 rings (SSSR count). The van der Waals surface area contributed by atoms with Crippen molar-refractivity contribution in [2.24, 2.45) is 0 Å². The Morgan fingerprint density at radius 1 is 0.857 bits per heavy atom. The summed E-state index contributed by atoms with van der Waals surface area (Å²) in [7, 11) is 1.58. The van der Waals surface area contributed by atoms with Crippen molar-refractivity contribution in [2.75, 3.05) is 7.11 Å². The molecule has 0 saturated carbocycles. The van der Waals surface area contributed by atoms with Crippen LogP contribution in [-0.2, 0) is 0 Å². The number of allylic oxidation sites excluding steroid dienone is 1. The molecule has 0 aromatic heterocycles. The zero-order chi connectivity index (χ0) is 19.9. The molecule has 140 valence electrons. The van der Waals surface area contributed by atoms with Gasteiger partial charge in [-0.2, -0.15) is 0 Å². The van der Waals surface area contributed by atoms with Gasteiger partial charge in [-0.15, -0.1) is 0 Å². The molecule has 3 aromatic carbocycles. The Morgan fingerprint density at radius 2 is 1.54 bits per heavy atom. The first-order valence-electron chi connectivity index (χ1n) is 8.49. The Bertz CT molecular complexity index is 1010. The molecule has 28 heavy (non-hydrogen) atoms. The average molecular weight is 437 g/mol. The lowest BCUT2D eigenvalue weighted by Gasteiger charge is -2.05. The number of methoxy groups -OCH3 is 1. The van der Waals surface area contributed by atoms with Crippen molar-refractivity contribution >= 4 is 33.8 Å². The number of ketones is 1. The average Bonchev–Trinajstić information content (AvgIpc) is 2.73. The molecule has 0 amide bonds. The summed E-state index contributed by atoms with van der Waals surface area (Å²) in [6, 6.07) is 20.8. The van der Waals surface area contributed by atoms with Gasteiger partial charge in [0.05, 0.1) is 12.7 Å². The van der Waals surface area contributed by atoms with Gasteiger partial charge in [-0.05, 0) is 72.3 Å². The van der Waals surface area contributed by atoms with Crippen molar-refractivity contribution in [3.05, 3.63) is 100 Å². The van der Waals surface area contributed by atoms with Crippen molar-refractivity contribution in [3.63, 3.8) is 0 Å². The maximum Gasteiger partial charge on any atom is 0.343 e. The van der Waals surface area contributed by atoms with Gasteiger partial charge in [-0.3, -0.25) is 4.79 Å². The predicted octanol–water partition coefficient (Wildman–Crippen LogP) is 5.57. The van der Waals surface area contributed by atoms with Crippen molar-refractivity contribution in [3.8, 4) is 11.5 Å². The van der Waals surface area contributed by atoms with Gasteiger partial charge in [-0.25, -0.2) is 4.79 Å². The van der Waals surface area contributed by atoms with Crippen molar-refractivity contribution < 1.29 is 19.1 Å². The minimum Gasteiger partial charge on any atom is -0.497 e. The quantitative estimate of drug-likeness (QED) is 0.219. The Balaban J connectivity index is 1.68. The van der Waals surface area contributed by atoms with Crippen molar-refractivity contribution in [2.45, 2.75) is 0 Å². The van der Waals surface area contributed by atoms with Gasteiger partial charge in [0, 0.05) is 10.0 Å². The number of carbonyl (C=O) groups excluding carboxylic acids is 2. The maximum absolute atomic E-state index is 12.3. The van der Waals surface area contributed by atoms with Crippen LogP contribution in [0.15, 0.2) is 83.3 Å². The lowest BCUT2D eigenvalue weighted by molar-refractivity contribution is 0.0734. The zero-order valence-corrected chi connectivity index (χ0v) is 16.7. The van der Waals surface area contributed by atoms with Gasteiger partial charge in [0.15, 0.2) is 5.78 Å². The van der Waals surface area contributed by atoms with Crippen LogP contribution < -0.4 is 9.47 Å². The lowest BCUT2D eigenvalue weighted by atomic mass is 10.1. The molecule has 0 radical (unpaired) electrons. The SMILES string of the molecule is COc1ccc(C(=O)/C=C/c2cccc(OC(=O)c3ccc(Br)cc3)c2)cc1. The Labute approximate surface area is 171 Å². The van der Waals surface area contributed by atoms with Gasteiger partial charge in [-0.1, -0.05) is 34.1 Å². The number of rotatable bonds is 6. The smallest absolute Gasteiger partial charge is 0.343 e. The molecule has 0 spiro atoms. The standard InChI is InChI=1S/C23H17BrO4/c1-27-20-12-8-17(9-13-20)22(25)14-5-16-3-2-4-21(15-16)28-23(26)18-6-10-19(24)11-7-18/h2-15H,1H3/b14-5+. The third kappa shape index (κ3) is 5.18. The fourth-order valence-corrected chi connectivity index (χ4v) is 2.72. The highest BCUT2D eigenvalue weighted by molar-refractivity contribution is 9.10. The minimum absolute atomic E-state index is 0.125. The van der Waals surface area contributed by atoms with Crippen LogP contribution in [-0.4, -0.2) is 18.9 Å². The largest absolute Gasteiger partial charge is 0.497 e. The fourth-order valence-electron chi connectivity index (χ4n) is 2.46. The summed E-state index contributed by atoms with van der Waals surface area (Å²) in [5.74, 6) is 0.538. The van der Waals surface area contributed by atoms with Gasteiger partial charge >= 0.3 is 5.97 Å². The third-order valence-corrected chi connectivity index (χ3v) is 4.48. The topological polar surface area (TPSA) is 52.6 Å². The summed E-state index contributed by atoms with van der Waals surface area (Å²) in [6.07, 6.45) is 3.17. The molecule has 3 aromatic rings. The summed E-state index contributed by atoms with van der Waals surface area (Å²) in [4.78, 5) is 24.5. The van der Waals surface area contributed by atoms with Crippen molar-refractivity contribution in [1.82, 2.24) is 0 Å². The molecule has 5 heteroatoms. The summed E-state index contributed by atoms with van der Waals surface area (Å²) in [6.45, 7) is 0. The molecule has 0 fully saturated rings. The molecule has 0 aliphatic carbocycles. The first kappa shape index (κ1) is 19.6. The molecule has 0 aliphatic heterocycles. The van der Waals surface area contributed by atoms with Gasteiger partial charge < -0.3 is 9.47 Å². The normalized spacial score (nSPS) is 10.6. The molecular weight excluding hydrogens is 420 g/mol. The van der Waals surface area contributed by atoms with E-state index in [9.17, 15) is 9.59 Å². The second-order valence-corrected chi connectivity index (χ2v) is 6.81. The van der Waals surface area contributed by atoms with Gasteiger partial charge in [0.2, 0.25) is 0 Å². The molecule has 0 atom stereocenters. The molecule has 0 bridgehead atoms. The maximum atomic E-state index is 12.3. The molecule has 0 heterocycles. The van der Waals surface area contributed by atoms with Crippen LogP contribution in [0, 0.1) is 0 Å². The van der Waals surface area contributed by atoms with E-state index in [0.29, 0.717) is 22.6 Å². The number of hydrogen-bond donors (Lipinski definition) is 0. The molecular formula is C23H17BrO4. The van der Waals surface area contributed by atoms with E-state index < -0.39 is 5.97 Å². The number of halogens is 1. The van der Waals surface area contributed by atoms with Crippen LogP contribution in [0.1, 0.15) is 26.3 Å². The highest BCUT2D eigenvalue weighted by Crippen LogP contribution is 2.18. The Kier molecular flexibility index (Phi) is 6.40. The first-order valence-corrected chi connectivity index (χ1v) is 9.29. The summed E-state index contributed by atoms with van der Waals surface area (Å²) >= 11 is 3.33. The van der Waals surface area contributed by atoms with Crippen LogP contribution >= 0.6 is 15.9 Å². The summed E-state index contributed by atoms with van der Waals surface area (Å²) < 4.78 is 11.4. The highest BCUT2D eigenvalue weighted by atomic mass is 79.9. The van der Waals surface area contributed by atoms with Crippen LogP contribution in [0.4, 0.5) is 0 Å². The number of esters is 1. The van der Waals surface area contributed by atoms with E-state index in [2.05, 4.69) is 15.9 Å². The number of carbonyl (C=O) groups is 2. The van der Waals surface area contributed by atoms with Gasteiger partial charge in [0.25, 0.3) is 0 Å². The van der Waals surface area contributed by atoms with E-state index in [1.165, 1.54) is 6.08 Å². The molecule has 4 nitrogen and oxygen atoms in total. The van der Waals surface area contributed by atoms with E-state index in [-0.39, 0.29) is 5.78 Å². The Morgan fingerprint density at radius 3 is 2.21 bits per heavy atom.